The van der Waals surface area contributed by atoms with E-state index in [4.69, 9.17) is 5.73 Å². The molecule has 2 heterocycles. The predicted molar refractivity (Wildman–Crippen MR) is 63.1 cm³/mol. The molecule has 1 aliphatic heterocycles. The maximum atomic E-state index is 5.64. The Morgan fingerprint density at radius 3 is 3.00 bits per heavy atom. The summed E-state index contributed by atoms with van der Waals surface area (Å²) in [6, 6.07) is 1.45. The molecule has 1 unspecified atom stereocenters. The molecule has 82 valence electrons. The fourth-order valence-electron chi connectivity index (χ4n) is 2.20. The standard InChI is InChI=1S/C10H16N4S/c11-9-5-12-10(15-9)13-7-3-4-14(6-7)8-1-2-8/h5,7-8H,1-4,6,11H2,(H,12,13). The van der Waals surface area contributed by atoms with Crippen LogP contribution in [0.4, 0.5) is 10.1 Å². The van der Waals surface area contributed by atoms with E-state index in [0.29, 0.717) is 6.04 Å². The summed E-state index contributed by atoms with van der Waals surface area (Å²) in [7, 11) is 0. The zero-order valence-corrected chi connectivity index (χ0v) is 9.46. The lowest BCUT2D eigenvalue weighted by Gasteiger charge is -2.15. The second kappa shape index (κ2) is 3.64. The molecule has 15 heavy (non-hydrogen) atoms. The predicted octanol–water partition coefficient (Wildman–Crippen LogP) is 1.37. The van der Waals surface area contributed by atoms with Crippen molar-refractivity contribution in [3.05, 3.63) is 6.20 Å². The number of aromatic nitrogens is 1. The van der Waals surface area contributed by atoms with Gasteiger partial charge >= 0.3 is 0 Å². The molecule has 0 amide bonds. The lowest BCUT2D eigenvalue weighted by Crippen LogP contribution is -2.27. The van der Waals surface area contributed by atoms with Gasteiger partial charge in [-0.25, -0.2) is 4.98 Å². The molecule has 1 saturated carbocycles. The number of nitrogens with zero attached hydrogens (tertiary/aromatic N) is 2. The van der Waals surface area contributed by atoms with Gasteiger partial charge in [-0.15, -0.1) is 0 Å². The first-order valence-electron chi connectivity index (χ1n) is 5.53. The van der Waals surface area contributed by atoms with Gasteiger partial charge in [-0.1, -0.05) is 11.3 Å². The van der Waals surface area contributed by atoms with Gasteiger partial charge in [0.2, 0.25) is 0 Å². The van der Waals surface area contributed by atoms with Crippen LogP contribution in [0.15, 0.2) is 6.20 Å². The van der Waals surface area contributed by atoms with Gasteiger partial charge in [0.05, 0.1) is 6.20 Å². The first-order valence-corrected chi connectivity index (χ1v) is 6.35. The zero-order valence-electron chi connectivity index (χ0n) is 8.65. The third kappa shape index (κ3) is 2.08. The summed E-state index contributed by atoms with van der Waals surface area (Å²) in [5, 5.41) is 5.21. The molecule has 1 aliphatic carbocycles. The molecular formula is C10H16N4S. The fourth-order valence-corrected chi connectivity index (χ4v) is 2.86. The first kappa shape index (κ1) is 9.42. The lowest BCUT2D eigenvalue weighted by molar-refractivity contribution is 0.326. The summed E-state index contributed by atoms with van der Waals surface area (Å²) in [5.41, 5.74) is 5.64. The Kier molecular flexibility index (Phi) is 2.29. The molecule has 1 saturated heterocycles. The normalized spacial score (nSPS) is 27.1. The number of anilines is 2. The molecule has 1 atom stereocenters. The van der Waals surface area contributed by atoms with Crippen LogP contribution >= 0.6 is 11.3 Å². The smallest absolute Gasteiger partial charge is 0.184 e. The first-order chi connectivity index (χ1) is 7.31. The highest BCUT2D eigenvalue weighted by molar-refractivity contribution is 7.19. The molecule has 5 heteroatoms. The van der Waals surface area contributed by atoms with E-state index >= 15 is 0 Å². The van der Waals surface area contributed by atoms with Gasteiger partial charge in [0.1, 0.15) is 5.00 Å². The molecule has 0 radical (unpaired) electrons. The number of hydrogen-bond donors (Lipinski definition) is 2. The molecule has 2 aliphatic rings. The Balaban J connectivity index is 1.56. The van der Waals surface area contributed by atoms with Gasteiger partial charge in [0, 0.05) is 25.2 Å². The number of hydrogen-bond acceptors (Lipinski definition) is 5. The molecule has 0 aromatic carbocycles. The minimum absolute atomic E-state index is 0.566. The minimum atomic E-state index is 0.566. The number of nitrogen functional groups attached to an aromatic ring is 1. The van der Waals surface area contributed by atoms with E-state index in [9.17, 15) is 0 Å². The summed E-state index contributed by atoms with van der Waals surface area (Å²) < 4.78 is 0. The van der Waals surface area contributed by atoms with Crippen LogP contribution < -0.4 is 11.1 Å². The number of nitrogens with two attached hydrogens (primary N) is 1. The monoisotopic (exact) mass is 224 g/mol. The van der Waals surface area contributed by atoms with Crippen molar-refractivity contribution in [3.8, 4) is 0 Å². The van der Waals surface area contributed by atoms with Crippen molar-refractivity contribution >= 4 is 21.5 Å². The highest BCUT2D eigenvalue weighted by Gasteiger charge is 2.34. The van der Waals surface area contributed by atoms with Crippen LogP contribution in [-0.2, 0) is 0 Å². The largest absolute Gasteiger partial charge is 0.389 e. The van der Waals surface area contributed by atoms with E-state index in [1.165, 1.54) is 43.7 Å². The van der Waals surface area contributed by atoms with Crippen LogP contribution in [0.3, 0.4) is 0 Å². The van der Waals surface area contributed by atoms with Crippen molar-refractivity contribution in [2.45, 2.75) is 31.3 Å². The van der Waals surface area contributed by atoms with Gasteiger partial charge in [-0.05, 0) is 19.3 Å². The van der Waals surface area contributed by atoms with E-state index in [1.54, 1.807) is 6.20 Å². The van der Waals surface area contributed by atoms with Crippen LogP contribution in [0.25, 0.3) is 0 Å². The maximum absolute atomic E-state index is 5.64. The van der Waals surface area contributed by atoms with Crippen molar-refractivity contribution in [1.82, 2.24) is 9.88 Å². The Morgan fingerprint density at radius 1 is 1.47 bits per heavy atom. The number of rotatable bonds is 3. The Morgan fingerprint density at radius 2 is 2.33 bits per heavy atom. The van der Waals surface area contributed by atoms with E-state index < -0.39 is 0 Å². The van der Waals surface area contributed by atoms with Crippen LogP contribution in [0.1, 0.15) is 19.3 Å². The molecule has 4 nitrogen and oxygen atoms in total. The highest BCUT2D eigenvalue weighted by atomic mass is 32.1. The van der Waals surface area contributed by atoms with E-state index in [0.717, 1.165) is 16.2 Å². The topological polar surface area (TPSA) is 54.2 Å². The van der Waals surface area contributed by atoms with Crippen LogP contribution in [-0.4, -0.2) is 35.1 Å². The van der Waals surface area contributed by atoms with E-state index in [-0.39, 0.29) is 0 Å². The summed E-state index contributed by atoms with van der Waals surface area (Å²) in [4.78, 5) is 6.82. The molecular weight excluding hydrogens is 208 g/mol. The quantitative estimate of drug-likeness (QED) is 0.814. The van der Waals surface area contributed by atoms with Crippen LogP contribution in [0, 0.1) is 0 Å². The zero-order chi connectivity index (χ0) is 10.3. The molecule has 3 rings (SSSR count). The number of thiazole rings is 1. The Hall–Kier alpha value is -0.810. The summed E-state index contributed by atoms with van der Waals surface area (Å²) >= 11 is 1.54. The molecule has 1 aromatic rings. The number of nitrogens with one attached hydrogen (secondary N) is 1. The van der Waals surface area contributed by atoms with Gasteiger partial charge in [-0.3, -0.25) is 4.90 Å². The van der Waals surface area contributed by atoms with E-state index in [1.807, 2.05) is 0 Å². The molecule has 0 bridgehead atoms. The van der Waals surface area contributed by atoms with Crippen molar-refractivity contribution < 1.29 is 0 Å². The Labute approximate surface area is 93.5 Å². The summed E-state index contributed by atoms with van der Waals surface area (Å²) in [5.74, 6) is 0. The van der Waals surface area contributed by atoms with Gasteiger partial charge in [-0.2, -0.15) is 0 Å². The highest BCUT2D eigenvalue weighted by Crippen LogP contribution is 2.31. The average Bonchev–Trinajstić information content (AvgIpc) is 2.84. The van der Waals surface area contributed by atoms with Crippen molar-refractivity contribution in [2.75, 3.05) is 24.1 Å². The molecule has 3 N–H and O–H groups in total. The molecule has 2 fully saturated rings. The summed E-state index contributed by atoms with van der Waals surface area (Å²) in [6.07, 6.45) is 5.75. The van der Waals surface area contributed by atoms with Gasteiger partial charge < -0.3 is 11.1 Å². The van der Waals surface area contributed by atoms with Crippen molar-refractivity contribution in [2.24, 2.45) is 0 Å². The van der Waals surface area contributed by atoms with Crippen molar-refractivity contribution in [1.29, 1.82) is 0 Å². The maximum Gasteiger partial charge on any atom is 0.184 e. The van der Waals surface area contributed by atoms with E-state index in [2.05, 4.69) is 15.2 Å². The molecule has 0 spiro atoms. The molecule has 1 aromatic heterocycles. The second-order valence-electron chi connectivity index (χ2n) is 4.42. The second-order valence-corrected chi connectivity index (χ2v) is 5.49. The third-order valence-corrected chi connectivity index (χ3v) is 3.89. The Bertz CT molecular complexity index is 347. The fraction of sp³-hybridized carbons (Fsp3) is 0.700. The van der Waals surface area contributed by atoms with Gasteiger partial charge in [0.15, 0.2) is 5.13 Å². The van der Waals surface area contributed by atoms with Gasteiger partial charge in [0.25, 0.3) is 0 Å². The number of likely N-dealkylation sites (tertiary alicyclic amines) is 1. The van der Waals surface area contributed by atoms with Crippen molar-refractivity contribution in [3.63, 3.8) is 0 Å². The summed E-state index contributed by atoms with van der Waals surface area (Å²) in [6.45, 7) is 2.41. The third-order valence-electron chi connectivity index (χ3n) is 3.13. The van der Waals surface area contributed by atoms with Crippen LogP contribution in [0.5, 0.6) is 0 Å². The lowest BCUT2D eigenvalue weighted by atomic mass is 10.3. The average molecular weight is 224 g/mol. The SMILES string of the molecule is Nc1cnc(NC2CCN(C3CC3)C2)s1. The van der Waals surface area contributed by atoms with Crippen LogP contribution in [0.2, 0.25) is 0 Å². The minimum Gasteiger partial charge on any atom is -0.389 e.